The molecule has 3 N–H and O–H groups in total. The number of nitrogens with one attached hydrogen (secondary N) is 1. The van der Waals surface area contributed by atoms with Crippen molar-refractivity contribution >= 4 is 11.6 Å². The highest BCUT2D eigenvalue weighted by molar-refractivity contribution is 6.02. The predicted octanol–water partition coefficient (Wildman–Crippen LogP) is 2.00. The fraction of sp³-hybridized carbons (Fsp3) is 0.231. The summed E-state index contributed by atoms with van der Waals surface area (Å²) in [6.07, 6.45) is 0. The average molecular weight is 245 g/mol. The second kappa shape index (κ2) is 5.01. The highest BCUT2D eigenvalue weighted by atomic mass is 16.4. The van der Waals surface area contributed by atoms with Crippen molar-refractivity contribution < 1.29 is 9.21 Å². The molecule has 0 bridgehead atoms. The van der Waals surface area contributed by atoms with Gasteiger partial charge in [0.15, 0.2) is 5.76 Å². The average Bonchev–Trinajstić information content (AvgIpc) is 2.81. The molecule has 94 valence electrons. The van der Waals surface area contributed by atoms with Crippen LogP contribution in [-0.2, 0) is 6.54 Å². The van der Waals surface area contributed by atoms with Crippen molar-refractivity contribution in [3.05, 3.63) is 47.2 Å². The first-order valence-electron chi connectivity index (χ1n) is 5.64. The molecule has 2 aromatic heterocycles. The van der Waals surface area contributed by atoms with Gasteiger partial charge in [-0.25, -0.2) is 0 Å². The molecule has 0 atom stereocenters. The van der Waals surface area contributed by atoms with Crippen molar-refractivity contribution in [1.29, 1.82) is 0 Å². The van der Waals surface area contributed by atoms with E-state index in [0.29, 0.717) is 11.4 Å². The number of hydrogen-bond donors (Lipinski definition) is 2. The van der Waals surface area contributed by atoms with Crippen LogP contribution in [-0.4, -0.2) is 10.9 Å². The third-order valence-corrected chi connectivity index (χ3v) is 2.56. The summed E-state index contributed by atoms with van der Waals surface area (Å²) in [6, 6.07) is 6.96. The van der Waals surface area contributed by atoms with E-state index >= 15 is 0 Å². The normalized spacial score (nSPS) is 10.4. The number of hydrogen-bond acceptors (Lipinski definition) is 4. The summed E-state index contributed by atoms with van der Waals surface area (Å²) < 4.78 is 5.27. The van der Waals surface area contributed by atoms with E-state index in [2.05, 4.69) is 10.3 Å². The van der Waals surface area contributed by atoms with Crippen molar-refractivity contribution in [2.45, 2.75) is 20.4 Å². The molecule has 0 spiro atoms. The SMILES string of the molecule is Cc1ccc(NC(=O)c2ccc(CN)o2)c(C)n1. The van der Waals surface area contributed by atoms with Crippen LogP contribution in [0.1, 0.15) is 27.7 Å². The summed E-state index contributed by atoms with van der Waals surface area (Å²) in [5.41, 5.74) is 7.78. The number of aryl methyl sites for hydroxylation is 2. The van der Waals surface area contributed by atoms with Gasteiger partial charge < -0.3 is 15.5 Å². The molecular formula is C13H15N3O2. The van der Waals surface area contributed by atoms with Gasteiger partial charge in [-0.2, -0.15) is 0 Å². The van der Waals surface area contributed by atoms with Gasteiger partial charge in [-0.1, -0.05) is 0 Å². The number of carbonyl (C=O) groups excluding carboxylic acids is 1. The minimum Gasteiger partial charge on any atom is -0.455 e. The molecule has 2 rings (SSSR count). The van der Waals surface area contributed by atoms with Crippen molar-refractivity contribution in [2.24, 2.45) is 5.73 Å². The molecule has 5 nitrogen and oxygen atoms in total. The fourth-order valence-corrected chi connectivity index (χ4v) is 1.61. The molecule has 0 aliphatic rings. The molecule has 0 saturated carbocycles. The number of carbonyl (C=O) groups is 1. The second-order valence-electron chi connectivity index (χ2n) is 4.01. The highest BCUT2D eigenvalue weighted by Crippen LogP contribution is 2.15. The molecule has 0 radical (unpaired) electrons. The van der Waals surface area contributed by atoms with Crippen LogP contribution in [0.2, 0.25) is 0 Å². The van der Waals surface area contributed by atoms with E-state index in [1.54, 1.807) is 12.1 Å². The van der Waals surface area contributed by atoms with Gasteiger partial charge in [0.2, 0.25) is 0 Å². The first-order valence-corrected chi connectivity index (χ1v) is 5.64. The Kier molecular flexibility index (Phi) is 3.43. The molecule has 1 amide bonds. The maximum atomic E-state index is 11.9. The summed E-state index contributed by atoms with van der Waals surface area (Å²) in [5.74, 6) is 0.526. The number of nitrogens with zero attached hydrogens (tertiary/aromatic N) is 1. The predicted molar refractivity (Wildman–Crippen MR) is 68.3 cm³/mol. The van der Waals surface area contributed by atoms with Gasteiger partial charge in [-0.15, -0.1) is 0 Å². The van der Waals surface area contributed by atoms with E-state index in [-0.39, 0.29) is 18.2 Å². The second-order valence-corrected chi connectivity index (χ2v) is 4.01. The van der Waals surface area contributed by atoms with Crippen LogP contribution in [0.5, 0.6) is 0 Å². The monoisotopic (exact) mass is 245 g/mol. The molecular weight excluding hydrogens is 230 g/mol. The van der Waals surface area contributed by atoms with Crippen LogP contribution >= 0.6 is 0 Å². The van der Waals surface area contributed by atoms with Crippen LogP contribution in [0.3, 0.4) is 0 Å². The maximum absolute atomic E-state index is 11.9. The quantitative estimate of drug-likeness (QED) is 0.866. The number of anilines is 1. The number of rotatable bonds is 3. The molecule has 0 aliphatic heterocycles. The fourth-order valence-electron chi connectivity index (χ4n) is 1.61. The summed E-state index contributed by atoms with van der Waals surface area (Å²) in [6.45, 7) is 4.02. The maximum Gasteiger partial charge on any atom is 0.291 e. The minimum atomic E-state index is -0.302. The standard InChI is InChI=1S/C13H15N3O2/c1-8-3-5-11(9(2)15-8)16-13(17)12-6-4-10(7-14)18-12/h3-6H,7,14H2,1-2H3,(H,16,17). The Morgan fingerprint density at radius 2 is 2.11 bits per heavy atom. The van der Waals surface area contributed by atoms with Crippen LogP contribution in [0, 0.1) is 13.8 Å². The molecule has 2 aromatic rings. The highest BCUT2D eigenvalue weighted by Gasteiger charge is 2.12. The van der Waals surface area contributed by atoms with E-state index < -0.39 is 0 Å². The molecule has 5 heteroatoms. The molecule has 0 aromatic carbocycles. The summed E-state index contributed by atoms with van der Waals surface area (Å²) in [4.78, 5) is 16.2. The lowest BCUT2D eigenvalue weighted by Gasteiger charge is -2.06. The topological polar surface area (TPSA) is 81.2 Å². The zero-order chi connectivity index (χ0) is 13.1. The van der Waals surface area contributed by atoms with Crippen molar-refractivity contribution in [3.8, 4) is 0 Å². The van der Waals surface area contributed by atoms with Crippen molar-refractivity contribution in [1.82, 2.24) is 4.98 Å². The number of furan rings is 1. The van der Waals surface area contributed by atoms with Crippen molar-refractivity contribution in [3.63, 3.8) is 0 Å². The van der Waals surface area contributed by atoms with Crippen LogP contribution < -0.4 is 11.1 Å². The minimum absolute atomic E-state index is 0.246. The van der Waals surface area contributed by atoms with E-state index in [1.807, 2.05) is 26.0 Å². The molecule has 0 aliphatic carbocycles. The summed E-state index contributed by atoms with van der Waals surface area (Å²) >= 11 is 0. The van der Waals surface area contributed by atoms with E-state index in [9.17, 15) is 4.79 Å². The van der Waals surface area contributed by atoms with Crippen LogP contribution in [0.4, 0.5) is 5.69 Å². The lowest BCUT2D eigenvalue weighted by Crippen LogP contribution is -2.12. The Bertz CT molecular complexity index is 575. The van der Waals surface area contributed by atoms with Gasteiger partial charge >= 0.3 is 0 Å². The molecule has 0 fully saturated rings. The first kappa shape index (κ1) is 12.3. The van der Waals surface area contributed by atoms with Gasteiger partial charge in [0.05, 0.1) is 17.9 Å². The number of nitrogens with two attached hydrogens (primary N) is 1. The van der Waals surface area contributed by atoms with E-state index in [1.165, 1.54) is 0 Å². The Morgan fingerprint density at radius 1 is 1.33 bits per heavy atom. The zero-order valence-corrected chi connectivity index (χ0v) is 10.4. The molecule has 0 unspecified atom stereocenters. The first-order chi connectivity index (χ1) is 8.60. The molecule has 18 heavy (non-hydrogen) atoms. The lowest BCUT2D eigenvalue weighted by atomic mass is 10.2. The van der Waals surface area contributed by atoms with Crippen LogP contribution in [0.15, 0.2) is 28.7 Å². The summed E-state index contributed by atoms with van der Waals surface area (Å²) in [5, 5.41) is 2.76. The smallest absolute Gasteiger partial charge is 0.291 e. The Labute approximate surface area is 105 Å². The summed E-state index contributed by atoms with van der Waals surface area (Å²) in [7, 11) is 0. The van der Waals surface area contributed by atoms with Crippen molar-refractivity contribution in [2.75, 3.05) is 5.32 Å². The van der Waals surface area contributed by atoms with Gasteiger partial charge in [-0.05, 0) is 38.1 Å². The largest absolute Gasteiger partial charge is 0.455 e. The third-order valence-electron chi connectivity index (χ3n) is 2.56. The Hall–Kier alpha value is -2.14. The Morgan fingerprint density at radius 3 is 2.72 bits per heavy atom. The molecule has 2 heterocycles. The van der Waals surface area contributed by atoms with Gasteiger partial charge in [0.1, 0.15) is 5.76 Å². The third kappa shape index (κ3) is 2.57. The van der Waals surface area contributed by atoms with Gasteiger partial charge in [-0.3, -0.25) is 9.78 Å². The lowest BCUT2D eigenvalue weighted by molar-refractivity contribution is 0.0995. The number of aromatic nitrogens is 1. The van der Waals surface area contributed by atoms with Crippen LogP contribution in [0.25, 0.3) is 0 Å². The number of pyridine rings is 1. The molecule has 0 saturated heterocycles. The number of amides is 1. The van der Waals surface area contributed by atoms with Gasteiger partial charge in [0.25, 0.3) is 5.91 Å². The zero-order valence-electron chi connectivity index (χ0n) is 10.4. The Balaban J connectivity index is 2.16. The van der Waals surface area contributed by atoms with E-state index in [0.717, 1.165) is 11.4 Å². The van der Waals surface area contributed by atoms with E-state index in [4.69, 9.17) is 10.2 Å². The van der Waals surface area contributed by atoms with Gasteiger partial charge in [0, 0.05) is 5.69 Å².